The van der Waals surface area contributed by atoms with Gasteiger partial charge in [0.15, 0.2) is 0 Å². The zero-order valence-electron chi connectivity index (χ0n) is 11.2. The van der Waals surface area contributed by atoms with Gasteiger partial charge in [-0.1, -0.05) is 38.1 Å². The third-order valence-electron chi connectivity index (χ3n) is 3.13. The second-order valence-electron chi connectivity index (χ2n) is 4.43. The molecule has 3 N–H and O–H groups in total. The molecule has 0 saturated heterocycles. The van der Waals surface area contributed by atoms with Gasteiger partial charge in [-0.25, -0.2) is 0 Å². The van der Waals surface area contributed by atoms with Gasteiger partial charge < -0.3 is 10.8 Å². The van der Waals surface area contributed by atoms with Gasteiger partial charge in [0.25, 0.3) is 0 Å². The van der Waals surface area contributed by atoms with Crippen LogP contribution in [-0.4, -0.2) is 23.0 Å². The van der Waals surface area contributed by atoms with Crippen molar-refractivity contribution in [2.75, 3.05) is 12.3 Å². The van der Waals surface area contributed by atoms with E-state index in [1.165, 1.54) is 4.90 Å². The lowest BCUT2D eigenvalue weighted by atomic mass is 10.0. The fourth-order valence-corrected chi connectivity index (χ4v) is 2.82. The molecule has 0 aliphatic carbocycles. The molecule has 0 spiro atoms. The van der Waals surface area contributed by atoms with Crippen LogP contribution in [0.1, 0.15) is 32.3 Å². The number of hydrogen-bond donors (Lipinski definition) is 2. The van der Waals surface area contributed by atoms with Crippen LogP contribution >= 0.6 is 11.8 Å². The van der Waals surface area contributed by atoms with E-state index in [0.717, 1.165) is 24.2 Å². The van der Waals surface area contributed by atoms with E-state index < -0.39 is 5.60 Å². The summed E-state index contributed by atoms with van der Waals surface area (Å²) in [5.41, 5.74) is 6.05. The second-order valence-corrected chi connectivity index (χ2v) is 5.48. The summed E-state index contributed by atoms with van der Waals surface area (Å²) >= 11 is 1.71. The van der Waals surface area contributed by atoms with E-state index in [0.29, 0.717) is 6.54 Å². The molecule has 0 radical (unpaired) electrons. The average molecular weight is 265 g/mol. The molecule has 0 saturated carbocycles. The molecule has 100 valence electrons. The van der Waals surface area contributed by atoms with Crippen LogP contribution in [0.5, 0.6) is 0 Å². The summed E-state index contributed by atoms with van der Waals surface area (Å²) in [6.45, 7) is 4.62. The van der Waals surface area contributed by atoms with Gasteiger partial charge in [-0.3, -0.25) is 0 Å². The third-order valence-corrected chi connectivity index (χ3v) is 4.40. The first-order valence-electron chi connectivity index (χ1n) is 6.45. The van der Waals surface area contributed by atoms with Crippen LogP contribution in [-0.2, 0) is 0 Å². The van der Waals surface area contributed by atoms with Gasteiger partial charge in [-0.05, 0) is 30.5 Å². The first-order valence-corrected chi connectivity index (χ1v) is 7.44. The van der Waals surface area contributed by atoms with Crippen molar-refractivity contribution in [3.05, 3.63) is 35.9 Å². The van der Waals surface area contributed by atoms with Gasteiger partial charge in [-0.2, -0.15) is 0 Å². The topological polar surface area (TPSA) is 46.2 Å². The summed E-state index contributed by atoms with van der Waals surface area (Å²) in [5, 5.41) is 10.2. The molecule has 0 aromatic heterocycles. The predicted molar refractivity (Wildman–Crippen MR) is 80.8 cm³/mol. The Morgan fingerprint density at radius 1 is 1.33 bits per heavy atom. The molecule has 0 atom stereocenters. The summed E-state index contributed by atoms with van der Waals surface area (Å²) in [6, 6.07) is 8.30. The summed E-state index contributed by atoms with van der Waals surface area (Å²) in [5.74, 6) is 0.740. The highest BCUT2D eigenvalue weighted by Crippen LogP contribution is 2.27. The minimum atomic E-state index is -0.548. The van der Waals surface area contributed by atoms with Crippen LogP contribution in [0, 0.1) is 0 Å². The minimum Gasteiger partial charge on any atom is -0.389 e. The summed E-state index contributed by atoms with van der Waals surface area (Å²) in [6.07, 6.45) is 5.56. The molecule has 0 fully saturated rings. The molecule has 0 bridgehead atoms. The monoisotopic (exact) mass is 265 g/mol. The molecular formula is C15H23NOS. The molecule has 1 aromatic carbocycles. The molecule has 1 aromatic rings. The van der Waals surface area contributed by atoms with E-state index in [1.807, 2.05) is 32.1 Å². The third kappa shape index (κ3) is 4.84. The lowest BCUT2D eigenvalue weighted by molar-refractivity contribution is 0.0572. The van der Waals surface area contributed by atoms with E-state index in [9.17, 15) is 5.11 Å². The number of aliphatic hydroxyl groups is 1. The minimum absolute atomic E-state index is 0.548. The first-order chi connectivity index (χ1) is 8.63. The van der Waals surface area contributed by atoms with Gasteiger partial charge in [-0.15, -0.1) is 11.8 Å². The Hall–Kier alpha value is -0.770. The maximum absolute atomic E-state index is 10.2. The predicted octanol–water partition coefficient (Wildman–Crippen LogP) is 3.30. The number of nitrogens with two attached hydrogens (primary N) is 1. The molecule has 0 unspecified atom stereocenters. The quantitative estimate of drug-likeness (QED) is 0.744. The highest BCUT2D eigenvalue weighted by Gasteiger charge is 2.21. The highest BCUT2D eigenvalue weighted by atomic mass is 32.2. The van der Waals surface area contributed by atoms with E-state index in [-0.39, 0.29) is 0 Å². The van der Waals surface area contributed by atoms with E-state index in [1.54, 1.807) is 11.8 Å². The van der Waals surface area contributed by atoms with Crippen molar-refractivity contribution in [2.24, 2.45) is 5.73 Å². The molecule has 1 rings (SSSR count). The fourth-order valence-electron chi connectivity index (χ4n) is 1.58. The lowest BCUT2D eigenvalue weighted by Gasteiger charge is -2.24. The van der Waals surface area contributed by atoms with Crippen LogP contribution in [0.4, 0.5) is 0 Å². The summed E-state index contributed by atoms with van der Waals surface area (Å²) < 4.78 is 0. The summed E-state index contributed by atoms with van der Waals surface area (Å²) in [7, 11) is 0. The average Bonchev–Trinajstić information content (AvgIpc) is 2.43. The largest absolute Gasteiger partial charge is 0.389 e. The first kappa shape index (κ1) is 15.3. The molecule has 2 nitrogen and oxygen atoms in total. The van der Waals surface area contributed by atoms with Crippen LogP contribution in [0.3, 0.4) is 0 Å². The highest BCUT2D eigenvalue weighted by molar-refractivity contribution is 7.99. The van der Waals surface area contributed by atoms with Gasteiger partial charge in [0.1, 0.15) is 0 Å². The Balaban J connectivity index is 2.65. The smallest absolute Gasteiger partial charge is 0.0736 e. The standard InChI is InChI=1S/C15H23NOS/c1-3-15(17,4-2)12-18-14-9-5-7-13(11-14)8-6-10-16/h5-9,11,17H,3-4,10,12,16H2,1-2H3. The van der Waals surface area contributed by atoms with E-state index >= 15 is 0 Å². The number of hydrogen-bond acceptors (Lipinski definition) is 3. The van der Waals surface area contributed by atoms with Crippen molar-refractivity contribution in [1.82, 2.24) is 0 Å². The van der Waals surface area contributed by atoms with E-state index in [4.69, 9.17) is 5.73 Å². The normalized spacial score (nSPS) is 12.2. The maximum atomic E-state index is 10.2. The number of benzene rings is 1. The molecule has 18 heavy (non-hydrogen) atoms. The zero-order valence-corrected chi connectivity index (χ0v) is 12.0. The zero-order chi connectivity index (χ0) is 13.4. The van der Waals surface area contributed by atoms with Gasteiger partial charge in [0.2, 0.25) is 0 Å². The lowest BCUT2D eigenvalue weighted by Crippen LogP contribution is -2.29. The Labute approximate surface area is 114 Å². The van der Waals surface area contributed by atoms with Gasteiger partial charge in [0, 0.05) is 17.2 Å². The fraction of sp³-hybridized carbons (Fsp3) is 0.467. The molecule has 0 heterocycles. The number of rotatable bonds is 7. The summed E-state index contributed by atoms with van der Waals surface area (Å²) in [4.78, 5) is 1.19. The van der Waals surface area contributed by atoms with Crippen LogP contribution in [0.25, 0.3) is 6.08 Å². The van der Waals surface area contributed by atoms with E-state index in [2.05, 4.69) is 18.2 Å². The molecule has 0 aliphatic heterocycles. The van der Waals surface area contributed by atoms with Gasteiger partial charge >= 0.3 is 0 Å². The Morgan fingerprint density at radius 3 is 2.67 bits per heavy atom. The molecule has 3 heteroatoms. The van der Waals surface area contributed by atoms with Crippen molar-refractivity contribution < 1.29 is 5.11 Å². The van der Waals surface area contributed by atoms with Crippen molar-refractivity contribution in [3.63, 3.8) is 0 Å². The van der Waals surface area contributed by atoms with Crippen LogP contribution < -0.4 is 5.73 Å². The van der Waals surface area contributed by atoms with Gasteiger partial charge in [0.05, 0.1) is 5.60 Å². The molecular weight excluding hydrogens is 242 g/mol. The Morgan fingerprint density at radius 2 is 2.06 bits per heavy atom. The maximum Gasteiger partial charge on any atom is 0.0736 e. The van der Waals surface area contributed by atoms with Crippen molar-refractivity contribution in [1.29, 1.82) is 0 Å². The Kier molecular flexibility index (Phi) is 6.47. The van der Waals surface area contributed by atoms with Crippen LogP contribution in [0.2, 0.25) is 0 Å². The number of thioether (sulfide) groups is 1. The second kappa shape index (κ2) is 7.62. The van der Waals surface area contributed by atoms with Crippen molar-refractivity contribution in [3.8, 4) is 0 Å². The van der Waals surface area contributed by atoms with Crippen molar-refractivity contribution >= 4 is 17.8 Å². The van der Waals surface area contributed by atoms with Crippen LogP contribution in [0.15, 0.2) is 35.2 Å². The molecule has 0 aliphatic rings. The van der Waals surface area contributed by atoms with Crippen molar-refractivity contribution in [2.45, 2.75) is 37.2 Å². The SMILES string of the molecule is CCC(O)(CC)CSc1cccc(C=CCN)c1. The Bertz CT molecular complexity index is 386. The molecule has 0 amide bonds.